The molecule has 3 aliphatic carbocycles. The fraction of sp³-hybridized carbons (Fsp3) is 0.0889. The van der Waals surface area contributed by atoms with Crippen molar-refractivity contribution in [2.45, 2.75) is 18.8 Å². The van der Waals surface area contributed by atoms with E-state index in [9.17, 15) is 0 Å². The number of fused-ring (bicyclic) bond motifs is 3. The SMILES string of the molecule is C1=CC2=CC(c3ccc(-c4cc(C5C=C(c6cnc7ccccc7c6)C=CC5)nc(-c5cccc6ccccc56)n4)cc3)=CCC2C=C1. The highest BCUT2D eigenvalue weighted by Crippen LogP contribution is 2.37. The van der Waals surface area contributed by atoms with Crippen molar-refractivity contribution in [2.75, 3.05) is 0 Å². The predicted molar refractivity (Wildman–Crippen MR) is 199 cm³/mol. The maximum atomic E-state index is 5.28. The van der Waals surface area contributed by atoms with Gasteiger partial charge in [-0.05, 0) is 64.1 Å². The van der Waals surface area contributed by atoms with E-state index in [1.54, 1.807) is 0 Å². The van der Waals surface area contributed by atoms with Gasteiger partial charge in [-0.25, -0.2) is 9.97 Å². The highest BCUT2D eigenvalue weighted by atomic mass is 14.9. The Balaban J connectivity index is 1.12. The molecule has 0 N–H and O–H groups in total. The van der Waals surface area contributed by atoms with E-state index in [0.29, 0.717) is 5.92 Å². The van der Waals surface area contributed by atoms with Crippen LogP contribution < -0.4 is 0 Å². The molecule has 2 unspecified atom stereocenters. The van der Waals surface area contributed by atoms with E-state index in [1.807, 2.05) is 12.3 Å². The van der Waals surface area contributed by atoms with Crippen LogP contribution in [0.4, 0.5) is 0 Å². The Bertz CT molecular complexity index is 2400. The third-order valence-corrected chi connectivity index (χ3v) is 9.75. The van der Waals surface area contributed by atoms with Crippen molar-refractivity contribution in [1.82, 2.24) is 15.0 Å². The van der Waals surface area contributed by atoms with Crippen LogP contribution in [0, 0.1) is 5.92 Å². The van der Waals surface area contributed by atoms with Crippen molar-refractivity contribution in [3.63, 3.8) is 0 Å². The molecule has 2 atom stereocenters. The maximum absolute atomic E-state index is 5.28. The molecule has 0 radical (unpaired) electrons. The standard InChI is InChI=1S/C45H33N3/c1-2-11-34-25-36(24-21-30(34)9-1)31-19-22-33(23-20-31)43-28-44(48-45(47-43)41-17-8-13-32-10-3-5-16-40(32)41)38-15-7-14-35(26-38)39-27-37-12-4-6-18-42(37)46-29-39/h1-14,16-20,22-30,38H,15,21H2. The molecule has 2 heterocycles. The summed E-state index contributed by atoms with van der Waals surface area (Å²) in [5, 5.41) is 3.48. The van der Waals surface area contributed by atoms with E-state index in [1.165, 1.54) is 27.7 Å². The lowest BCUT2D eigenvalue weighted by Gasteiger charge is -2.21. The number of benzene rings is 4. The number of rotatable bonds is 5. The zero-order chi connectivity index (χ0) is 31.9. The Kier molecular flexibility index (Phi) is 7.09. The Morgan fingerprint density at radius 1 is 0.625 bits per heavy atom. The molecule has 3 heteroatoms. The first-order valence-corrected chi connectivity index (χ1v) is 16.7. The number of allylic oxidation sites excluding steroid dienone is 12. The summed E-state index contributed by atoms with van der Waals surface area (Å²) in [5.41, 5.74) is 11.3. The summed E-state index contributed by atoms with van der Waals surface area (Å²) < 4.78 is 0. The minimum absolute atomic E-state index is 0.107. The summed E-state index contributed by atoms with van der Waals surface area (Å²) >= 11 is 0. The normalized spacial score (nSPS) is 18.4. The van der Waals surface area contributed by atoms with E-state index in [4.69, 9.17) is 15.0 Å². The van der Waals surface area contributed by atoms with Crippen LogP contribution in [-0.4, -0.2) is 15.0 Å². The number of nitrogens with zero attached hydrogens (tertiary/aromatic N) is 3. The minimum atomic E-state index is 0.107. The van der Waals surface area contributed by atoms with Gasteiger partial charge in [0.2, 0.25) is 0 Å². The fourth-order valence-corrected chi connectivity index (χ4v) is 7.15. The Hall–Kier alpha value is -5.93. The van der Waals surface area contributed by atoms with Gasteiger partial charge in [0.15, 0.2) is 5.82 Å². The van der Waals surface area contributed by atoms with Gasteiger partial charge in [-0.3, -0.25) is 4.98 Å². The fourth-order valence-electron chi connectivity index (χ4n) is 7.15. The van der Waals surface area contributed by atoms with Gasteiger partial charge < -0.3 is 0 Å². The van der Waals surface area contributed by atoms with Crippen molar-refractivity contribution in [3.8, 4) is 22.6 Å². The summed E-state index contributed by atoms with van der Waals surface area (Å²) in [6, 6.07) is 36.4. The van der Waals surface area contributed by atoms with Gasteiger partial charge in [-0.15, -0.1) is 0 Å². The van der Waals surface area contributed by atoms with E-state index in [2.05, 4.69) is 152 Å². The zero-order valence-corrected chi connectivity index (χ0v) is 26.5. The Morgan fingerprint density at radius 3 is 2.40 bits per heavy atom. The molecule has 4 aromatic carbocycles. The average Bonchev–Trinajstić information content (AvgIpc) is 3.17. The van der Waals surface area contributed by atoms with Gasteiger partial charge in [-0.2, -0.15) is 0 Å². The van der Waals surface area contributed by atoms with Crippen molar-refractivity contribution in [3.05, 3.63) is 186 Å². The van der Waals surface area contributed by atoms with E-state index in [0.717, 1.165) is 63.0 Å². The van der Waals surface area contributed by atoms with Gasteiger partial charge in [0, 0.05) is 40.1 Å². The van der Waals surface area contributed by atoms with E-state index >= 15 is 0 Å². The molecule has 3 nitrogen and oxygen atoms in total. The molecule has 0 saturated carbocycles. The first-order chi connectivity index (χ1) is 23.7. The smallest absolute Gasteiger partial charge is 0.160 e. The molecule has 0 aliphatic heterocycles. The van der Waals surface area contributed by atoms with E-state index in [-0.39, 0.29) is 5.92 Å². The molecule has 0 spiro atoms. The molecule has 0 fully saturated rings. The lowest BCUT2D eigenvalue weighted by atomic mass is 9.84. The predicted octanol–water partition coefficient (Wildman–Crippen LogP) is 11.1. The number of hydrogen-bond acceptors (Lipinski definition) is 3. The van der Waals surface area contributed by atoms with Crippen LogP contribution in [0.2, 0.25) is 0 Å². The molecule has 0 saturated heterocycles. The van der Waals surface area contributed by atoms with Crippen LogP contribution in [-0.2, 0) is 0 Å². The van der Waals surface area contributed by atoms with Gasteiger partial charge in [0.1, 0.15) is 0 Å². The quantitative estimate of drug-likeness (QED) is 0.194. The molecule has 0 bridgehead atoms. The van der Waals surface area contributed by atoms with Crippen molar-refractivity contribution >= 4 is 32.8 Å². The van der Waals surface area contributed by atoms with Crippen molar-refractivity contribution < 1.29 is 0 Å². The monoisotopic (exact) mass is 615 g/mol. The maximum Gasteiger partial charge on any atom is 0.160 e. The summed E-state index contributed by atoms with van der Waals surface area (Å²) in [6.07, 6.45) is 24.2. The highest BCUT2D eigenvalue weighted by molar-refractivity contribution is 5.95. The second kappa shape index (κ2) is 12.0. The van der Waals surface area contributed by atoms with Crippen LogP contribution in [0.5, 0.6) is 0 Å². The molecule has 3 aliphatic rings. The lowest BCUT2D eigenvalue weighted by molar-refractivity contribution is 0.783. The topological polar surface area (TPSA) is 38.7 Å². The van der Waals surface area contributed by atoms with Gasteiger partial charge in [-0.1, -0.05) is 140 Å². The van der Waals surface area contributed by atoms with Gasteiger partial charge >= 0.3 is 0 Å². The van der Waals surface area contributed by atoms with Crippen LogP contribution in [0.25, 0.3) is 55.5 Å². The first-order valence-electron chi connectivity index (χ1n) is 16.7. The third-order valence-electron chi connectivity index (χ3n) is 9.75. The number of para-hydroxylation sites is 1. The van der Waals surface area contributed by atoms with Gasteiger partial charge in [0.05, 0.1) is 16.9 Å². The average molecular weight is 616 g/mol. The molecule has 6 aromatic rings. The summed E-state index contributed by atoms with van der Waals surface area (Å²) in [7, 11) is 0. The van der Waals surface area contributed by atoms with Crippen LogP contribution in [0.15, 0.2) is 170 Å². The molecular formula is C45H33N3. The number of pyridine rings is 1. The molecule has 9 rings (SSSR count). The Labute approximate surface area is 280 Å². The molecule has 0 amide bonds. The molecule has 2 aromatic heterocycles. The first kappa shape index (κ1) is 28.3. The lowest BCUT2D eigenvalue weighted by Crippen LogP contribution is -2.06. The number of aromatic nitrogens is 3. The second-order valence-corrected chi connectivity index (χ2v) is 12.8. The van der Waals surface area contributed by atoms with E-state index < -0.39 is 0 Å². The Morgan fingerprint density at radius 2 is 1.46 bits per heavy atom. The number of hydrogen-bond donors (Lipinski definition) is 0. The largest absolute Gasteiger partial charge is 0.256 e. The van der Waals surface area contributed by atoms with Crippen LogP contribution >= 0.6 is 0 Å². The second-order valence-electron chi connectivity index (χ2n) is 12.8. The molecule has 48 heavy (non-hydrogen) atoms. The van der Waals surface area contributed by atoms with Gasteiger partial charge in [0.25, 0.3) is 0 Å². The molecule has 228 valence electrons. The minimum Gasteiger partial charge on any atom is -0.256 e. The van der Waals surface area contributed by atoms with Crippen LogP contribution in [0.1, 0.15) is 35.6 Å². The van der Waals surface area contributed by atoms with Crippen molar-refractivity contribution in [1.29, 1.82) is 0 Å². The summed E-state index contributed by atoms with van der Waals surface area (Å²) in [4.78, 5) is 15.2. The highest BCUT2D eigenvalue weighted by Gasteiger charge is 2.20. The van der Waals surface area contributed by atoms with Crippen molar-refractivity contribution in [2.24, 2.45) is 5.92 Å². The van der Waals surface area contributed by atoms with Crippen LogP contribution in [0.3, 0.4) is 0 Å². The zero-order valence-electron chi connectivity index (χ0n) is 26.5. The molecular weight excluding hydrogens is 583 g/mol. The summed E-state index contributed by atoms with van der Waals surface area (Å²) in [6.45, 7) is 0. The third kappa shape index (κ3) is 5.34. The summed E-state index contributed by atoms with van der Waals surface area (Å²) in [5.74, 6) is 1.35.